The van der Waals surface area contributed by atoms with Crippen molar-refractivity contribution in [1.29, 1.82) is 0 Å². The Kier molecular flexibility index (Phi) is 8.16. The van der Waals surface area contributed by atoms with Crippen molar-refractivity contribution in [3.05, 3.63) is 107 Å². The summed E-state index contributed by atoms with van der Waals surface area (Å²) in [6.07, 6.45) is -2.74. The van der Waals surface area contributed by atoms with Crippen molar-refractivity contribution >= 4 is 39.8 Å². The maximum Gasteiger partial charge on any atom is 0.416 e. The fraction of sp³-hybridized carbons (Fsp3) is 0.229. The molecule has 1 aliphatic heterocycles. The third kappa shape index (κ3) is 6.61. The lowest BCUT2D eigenvalue weighted by atomic mass is 9.96. The molecule has 230 valence electrons. The highest BCUT2D eigenvalue weighted by Gasteiger charge is 2.33. The topological polar surface area (TPSA) is 73.4 Å². The first kappa shape index (κ1) is 30.1. The summed E-state index contributed by atoms with van der Waals surface area (Å²) < 4.78 is 40.1. The number of amides is 1. The lowest BCUT2D eigenvalue weighted by molar-refractivity contribution is -0.138. The number of anilines is 4. The first-order chi connectivity index (χ1) is 21.5. The number of benzene rings is 4. The first-order valence-electron chi connectivity index (χ1n) is 14.7. The van der Waals surface area contributed by atoms with Gasteiger partial charge in [-0.1, -0.05) is 24.3 Å². The van der Waals surface area contributed by atoms with Gasteiger partial charge in [-0.05, 0) is 97.7 Å². The van der Waals surface area contributed by atoms with Crippen LogP contribution in [0.2, 0.25) is 0 Å². The third-order valence-electron chi connectivity index (χ3n) is 8.25. The Labute approximate surface area is 259 Å². The normalized spacial score (nSPS) is 14.0. The zero-order valence-electron chi connectivity index (χ0n) is 25.2. The quantitative estimate of drug-likeness (QED) is 0.206. The molecule has 0 bridgehead atoms. The molecule has 0 radical (unpaired) electrons. The Morgan fingerprint density at radius 1 is 0.889 bits per heavy atom. The molecule has 1 saturated heterocycles. The minimum atomic E-state index is -4.51. The number of likely N-dealkylation sites (N-methyl/N-ethyl adjacent to an activating group) is 1. The van der Waals surface area contributed by atoms with Crippen LogP contribution in [0, 0.1) is 13.8 Å². The second-order valence-electron chi connectivity index (χ2n) is 11.4. The largest absolute Gasteiger partial charge is 0.416 e. The van der Waals surface area contributed by atoms with Crippen molar-refractivity contribution in [2.24, 2.45) is 0 Å². The van der Waals surface area contributed by atoms with Crippen LogP contribution in [-0.4, -0.2) is 54.0 Å². The first-order valence-corrected chi connectivity index (χ1v) is 14.7. The van der Waals surface area contributed by atoms with Crippen LogP contribution in [0.3, 0.4) is 0 Å². The molecule has 1 fully saturated rings. The Bertz CT molecular complexity index is 1880. The monoisotopic (exact) mass is 610 g/mol. The van der Waals surface area contributed by atoms with E-state index in [9.17, 15) is 18.0 Å². The molecule has 0 aliphatic carbocycles. The maximum atomic E-state index is 13.4. The van der Waals surface area contributed by atoms with Gasteiger partial charge in [0.2, 0.25) is 5.95 Å². The third-order valence-corrected chi connectivity index (χ3v) is 8.25. The molecule has 2 heterocycles. The van der Waals surface area contributed by atoms with Crippen LogP contribution in [0.25, 0.3) is 22.0 Å². The number of carbonyl (C=O) groups is 1. The van der Waals surface area contributed by atoms with E-state index in [0.717, 1.165) is 71.2 Å². The van der Waals surface area contributed by atoms with Gasteiger partial charge in [0.05, 0.1) is 11.1 Å². The second kappa shape index (κ2) is 12.2. The zero-order chi connectivity index (χ0) is 31.7. The number of nitrogens with one attached hydrogen (secondary N) is 2. The smallest absolute Gasteiger partial charge is 0.369 e. The van der Waals surface area contributed by atoms with E-state index in [1.165, 1.54) is 19.1 Å². The maximum absolute atomic E-state index is 13.4. The Hall–Kier alpha value is -4.96. The van der Waals surface area contributed by atoms with Gasteiger partial charge in [-0.3, -0.25) is 4.79 Å². The van der Waals surface area contributed by atoms with Gasteiger partial charge in [0.15, 0.2) is 0 Å². The van der Waals surface area contributed by atoms with Crippen LogP contribution < -0.4 is 15.5 Å². The number of rotatable bonds is 6. The molecule has 45 heavy (non-hydrogen) atoms. The molecule has 6 rings (SSSR count). The predicted molar refractivity (Wildman–Crippen MR) is 173 cm³/mol. The average Bonchev–Trinajstić information content (AvgIpc) is 3.02. The predicted octanol–water partition coefficient (Wildman–Crippen LogP) is 7.68. The van der Waals surface area contributed by atoms with Gasteiger partial charge in [0.25, 0.3) is 5.91 Å². The summed E-state index contributed by atoms with van der Waals surface area (Å²) in [5.41, 5.74) is 5.12. The zero-order valence-corrected chi connectivity index (χ0v) is 25.2. The number of carbonyl (C=O) groups excluding carboxylic acids is 1. The van der Waals surface area contributed by atoms with Gasteiger partial charge in [-0.25, -0.2) is 9.97 Å². The lowest BCUT2D eigenvalue weighted by Gasteiger charge is -2.34. The van der Waals surface area contributed by atoms with Gasteiger partial charge in [-0.2, -0.15) is 13.2 Å². The number of alkyl halides is 3. The summed E-state index contributed by atoms with van der Waals surface area (Å²) in [7, 11) is 2.14. The SMILES string of the molecule is Cc1ccc(C(=O)Nc2cccc(C(F)(F)F)c2C)cc1-c1ccc2nc(Nc3cccc(N4CCN(C)CC4)c3)ncc2c1. The van der Waals surface area contributed by atoms with Crippen LogP contribution in [0.1, 0.15) is 27.0 Å². The summed E-state index contributed by atoms with van der Waals surface area (Å²) in [5, 5.41) is 6.81. The van der Waals surface area contributed by atoms with Crippen molar-refractivity contribution in [3.8, 4) is 11.1 Å². The molecule has 4 aromatic carbocycles. The van der Waals surface area contributed by atoms with Crippen molar-refractivity contribution in [2.45, 2.75) is 20.0 Å². The number of piperazine rings is 1. The molecule has 7 nitrogen and oxygen atoms in total. The van der Waals surface area contributed by atoms with Gasteiger partial charge >= 0.3 is 6.18 Å². The molecule has 0 atom stereocenters. The average molecular weight is 611 g/mol. The minimum Gasteiger partial charge on any atom is -0.369 e. The Balaban J connectivity index is 1.20. The molecule has 10 heteroatoms. The van der Waals surface area contributed by atoms with Crippen molar-refractivity contribution in [1.82, 2.24) is 14.9 Å². The molecule has 1 aliphatic rings. The molecular formula is C35H33F3N6O. The van der Waals surface area contributed by atoms with Gasteiger partial charge in [-0.15, -0.1) is 0 Å². The van der Waals surface area contributed by atoms with E-state index < -0.39 is 17.6 Å². The number of nitrogens with zero attached hydrogens (tertiary/aromatic N) is 4. The molecular weight excluding hydrogens is 577 g/mol. The summed E-state index contributed by atoms with van der Waals surface area (Å²) in [4.78, 5) is 27.1. The fourth-order valence-electron chi connectivity index (χ4n) is 5.58. The molecule has 2 N–H and O–H groups in total. The highest BCUT2D eigenvalue weighted by molar-refractivity contribution is 6.05. The van der Waals surface area contributed by atoms with E-state index in [1.54, 1.807) is 18.3 Å². The molecule has 0 unspecified atom stereocenters. The van der Waals surface area contributed by atoms with Crippen LogP contribution >= 0.6 is 0 Å². The van der Waals surface area contributed by atoms with E-state index in [2.05, 4.69) is 44.6 Å². The van der Waals surface area contributed by atoms with E-state index in [1.807, 2.05) is 43.3 Å². The molecule has 1 amide bonds. The van der Waals surface area contributed by atoms with Gasteiger partial charge in [0, 0.05) is 60.4 Å². The summed E-state index contributed by atoms with van der Waals surface area (Å²) in [6, 6.07) is 23.1. The fourth-order valence-corrected chi connectivity index (χ4v) is 5.58. The molecule has 5 aromatic rings. The minimum absolute atomic E-state index is 0.0307. The number of halogens is 3. The van der Waals surface area contributed by atoms with E-state index in [4.69, 9.17) is 4.98 Å². The molecule has 1 aromatic heterocycles. The van der Waals surface area contributed by atoms with Gasteiger partial charge < -0.3 is 20.4 Å². The summed E-state index contributed by atoms with van der Waals surface area (Å²) >= 11 is 0. The lowest BCUT2D eigenvalue weighted by Crippen LogP contribution is -2.44. The van der Waals surface area contributed by atoms with E-state index in [0.29, 0.717) is 11.5 Å². The van der Waals surface area contributed by atoms with Crippen LogP contribution in [-0.2, 0) is 6.18 Å². The number of hydrogen-bond acceptors (Lipinski definition) is 6. The van der Waals surface area contributed by atoms with Crippen molar-refractivity contribution in [3.63, 3.8) is 0 Å². The van der Waals surface area contributed by atoms with Crippen LogP contribution in [0.5, 0.6) is 0 Å². The van der Waals surface area contributed by atoms with Crippen LogP contribution in [0.15, 0.2) is 85.1 Å². The second-order valence-corrected chi connectivity index (χ2v) is 11.4. The van der Waals surface area contributed by atoms with Crippen molar-refractivity contribution < 1.29 is 18.0 Å². The number of aryl methyl sites for hydroxylation is 1. The summed E-state index contributed by atoms with van der Waals surface area (Å²) in [5.74, 6) is 0.000665. The summed E-state index contributed by atoms with van der Waals surface area (Å²) in [6.45, 7) is 7.32. The van der Waals surface area contributed by atoms with Gasteiger partial charge in [0.1, 0.15) is 0 Å². The Morgan fingerprint density at radius 2 is 1.67 bits per heavy atom. The highest BCUT2D eigenvalue weighted by atomic mass is 19.4. The van der Waals surface area contributed by atoms with E-state index >= 15 is 0 Å². The molecule has 0 saturated carbocycles. The number of aromatic nitrogens is 2. The van der Waals surface area contributed by atoms with Crippen molar-refractivity contribution in [2.75, 3.05) is 48.8 Å². The standard InChI is InChI=1S/C35H33F3N6O/c1-22-10-11-25(33(45)41-31-9-5-8-30(23(31)2)35(36,37)38)19-29(22)24-12-13-32-26(18-24)21-39-34(42-32)40-27-6-4-7-28(20-27)44-16-14-43(3)15-17-44/h4-13,18-21H,14-17H2,1-3H3,(H,41,45)(H,39,40,42). The highest BCUT2D eigenvalue weighted by Crippen LogP contribution is 2.35. The van der Waals surface area contributed by atoms with Crippen LogP contribution in [0.4, 0.5) is 36.2 Å². The Morgan fingerprint density at radius 3 is 2.44 bits per heavy atom. The van der Waals surface area contributed by atoms with E-state index in [-0.39, 0.29) is 11.3 Å². The molecule has 0 spiro atoms. The number of fused-ring (bicyclic) bond motifs is 1. The number of hydrogen-bond donors (Lipinski definition) is 2.